The van der Waals surface area contributed by atoms with Crippen molar-refractivity contribution < 1.29 is 60.8 Å². The molecule has 0 fully saturated rings. The summed E-state index contributed by atoms with van der Waals surface area (Å²) in [6.45, 7) is 3.39. The number of esters is 3. The van der Waals surface area contributed by atoms with Gasteiger partial charge in [-0.05, 0) is 79.6 Å². The van der Waals surface area contributed by atoms with Crippen LogP contribution in [0.4, 0.5) is 18.0 Å². The summed E-state index contributed by atoms with van der Waals surface area (Å²) in [5, 5.41) is 0. The van der Waals surface area contributed by atoms with E-state index in [2.05, 4.69) is 6.58 Å². The molecule has 0 aliphatic heterocycles. The first-order valence-corrected chi connectivity index (χ1v) is 12.5. The highest BCUT2D eigenvalue weighted by Gasteiger charge is 2.36. The second kappa shape index (κ2) is 15.1. The van der Waals surface area contributed by atoms with Crippen LogP contribution in [0.2, 0.25) is 0 Å². The number of hydrogen-bond acceptors (Lipinski definition) is 10. The van der Waals surface area contributed by atoms with Gasteiger partial charge in [-0.2, -0.15) is 13.2 Å². The van der Waals surface area contributed by atoms with E-state index in [1.807, 2.05) is 0 Å². The van der Waals surface area contributed by atoms with E-state index >= 15 is 0 Å². The predicted octanol–water partition coefficient (Wildman–Crippen LogP) is 6.18. The Labute approximate surface area is 243 Å². The fourth-order valence-corrected chi connectivity index (χ4v) is 3.31. The van der Waals surface area contributed by atoms with Gasteiger partial charge in [0.25, 0.3) is 0 Å². The predicted molar refractivity (Wildman–Crippen MR) is 143 cm³/mol. The Balaban J connectivity index is 1.57. The zero-order valence-electron chi connectivity index (χ0n) is 22.7. The fraction of sp³-hybridized carbons (Fsp3) is 0.200. The van der Waals surface area contributed by atoms with Gasteiger partial charge in [-0.15, -0.1) is 0 Å². The van der Waals surface area contributed by atoms with Gasteiger partial charge >= 0.3 is 30.2 Å². The van der Waals surface area contributed by atoms with Crippen molar-refractivity contribution in [2.75, 3.05) is 20.3 Å². The lowest BCUT2D eigenvalue weighted by molar-refractivity contribution is -0.139. The number of halogens is 3. The molecule has 0 bridgehead atoms. The monoisotopic (exact) mass is 602 g/mol. The van der Waals surface area contributed by atoms with Crippen LogP contribution in [-0.4, -0.2) is 44.4 Å². The van der Waals surface area contributed by atoms with Gasteiger partial charge in [0.15, 0.2) is 0 Å². The van der Waals surface area contributed by atoms with Crippen LogP contribution in [0.1, 0.15) is 39.1 Å². The average Bonchev–Trinajstić information content (AvgIpc) is 2.99. The number of ether oxygens (including phenoxy) is 6. The molecule has 0 aliphatic carbocycles. The van der Waals surface area contributed by atoms with Crippen LogP contribution in [0.15, 0.2) is 79.4 Å². The molecule has 0 aromatic heterocycles. The summed E-state index contributed by atoms with van der Waals surface area (Å²) in [6.07, 6.45) is -4.11. The highest BCUT2D eigenvalue weighted by Crippen LogP contribution is 2.39. The zero-order chi connectivity index (χ0) is 31.4. The maximum atomic E-state index is 13.8. The van der Waals surface area contributed by atoms with Gasteiger partial charge in [0, 0.05) is 6.08 Å². The van der Waals surface area contributed by atoms with Gasteiger partial charge in [-0.1, -0.05) is 6.58 Å². The van der Waals surface area contributed by atoms with Crippen LogP contribution in [0.3, 0.4) is 0 Å². The summed E-state index contributed by atoms with van der Waals surface area (Å²) in [6, 6.07) is 13.0. The number of methoxy groups -OCH3 is 1. The highest BCUT2D eigenvalue weighted by atomic mass is 19.4. The lowest BCUT2D eigenvalue weighted by atomic mass is 10.1. The molecular formula is C30H25F3O10. The molecule has 226 valence electrons. The normalized spacial score (nSPS) is 10.7. The molecule has 0 unspecified atom stereocenters. The molecule has 0 heterocycles. The number of carbonyl (C=O) groups is 4. The van der Waals surface area contributed by atoms with Crippen LogP contribution >= 0.6 is 0 Å². The van der Waals surface area contributed by atoms with E-state index in [-0.39, 0.29) is 30.1 Å². The van der Waals surface area contributed by atoms with Gasteiger partial charge in [0.2, 0.25) is 0 Å². The zero-order valence-corrected chi connectivity index (χ0v) is 22.7. The van der Waals surface area contributed by atoms with Gasteiger partial charge in [-0.25, -0.2) is 19.2 Å². The molecule has 10 nitrogen and oxygen atoms in total. The molecule has 3 rings (SSSR count). The van der Waals surface area contributed by atoms with E-state index in [9.17, 15) is 32.3 Å². The number of hydrogen-bond donors (Lipinski definition) is 0. The first-order valence-electron chi connectivity index (χ1n) is 12.5. The van der Waals surface area contributed by atoms with Crippen LogP contribution < -0.4 is 18.9 Å². The fourth-order valence-electron chi connectivity index (χ4n) is 3.31. The van der Waals surface area contributed by atoms with Crippen molar-refractivity contribution in [1.82, 2.24) is 0 Å². The van der Waals surface area contributed by atoms with Crippen LogP contribution in [0.25, 0.3) is 0 Å². The van der Waals surface area contributed by atoms with E-state index in [1.165, 1.54) is 55.6 Å². The molecule has 0 saturated carbocycles. The molecule has 3 aromatic rings. The second-order valence-corrected chi connectivity index (χ2v) is 8.47. The number of carbonyl (C=O) groups excluding carboxylic acids is 4. The highest BCUT2D eigenvalue weighted by molar-refractivity contribution is 5.92. The Bertz CT molecular complexity index is 1450. The summed E-state index contributed by atoms with van der Waals surface area (Å²) in [7, 11) is 1.43. The van der Waals surface area contributed by atoms with Crippen LogP contribution in [0.5, 0.6) is 23.0 Å². The third kappa shape index (κ3) is 9.92. The van der Waals surface area contributed by atoms with Crippen molar-refractivity contribution in [1.29, 1.82) is 0 Å². The van der Waals surface area contributed by atoms with Gasteiger partial charge in [0.05, 0.1) is 31.5 Å². The largest absolute Gasteiger partial charge is 0.513 e. The topological polar surface area (TPSA) is 124 Å². The van der Waals surface area contributed by atoms with Crippen molar-refractivity contribution >= 4 is 24.1 Å². The third-order valence-corrected chi connectivity index (χ3v) is 5.46. The summed E-state index contributed by atoms with van der Waals surface area (Å²) in [5.74, 6) is -3.35. The van der Waals surface area contributed by atoms with Gasteiger partial charge < -0.3 is 28.4 Å². The minimum absolute atomic E-state index is 0.000437. The molecule has 13 heteroatoms. The molecule has 43 heavy (non-hydrogen) atoms. The Morgan fingerprint density at radius 3 is 1.81 bits per heavy atom. The van der Waals surface area contributed by atoms with E-state index in [4.69, 9.17) is 28.4 Å². The van der Waals surface area contributed by atoms with E-state index in [0.29, 0.717) is 24.7 Å². The van der Waals surface area contributed by atoms with Crippen molar-refractivity contribution in [2.45, 2.75) is 19.0 Å². The van der Waals surface area contributed by atoms with E-state index in [0.717, 1.165) is 18.2 Å². The molecule has 0 radical (unpaired) electrons. The Kier molecular flexibility index (Phi) is 11.3. The standard InChI is InChI=1S/C30H25F3O10/c1-3-26(34)39-16-4-5-17-40-29(37)42-22-12-8-20(9-13-22)28(36)43-25-15-14-23(18-24(25)30(31,32)33)41-27(35)19-6-10-21(38-2)11-7-19/h3,6-15,18H,1,4-5,16-17H2,2H3. The molecule has 3 aromatic carbocycles. The van der Waals surface area contributed by atoms with Crippen molar-refractivity contribution in [3.63, 3.8) is 0 Å². The summed E-state index contributed by atoms with van der Waals surface area (Å²) >= 11 is 0. The quantitative estimate of drug-likeness (QED) is 0.0781. The average molecular weight is 603 g/mol. The van der Waals surface area contributed by atoms with Gasteiger partial charge in [-0.3, -0.25) is 0 Å². The van der Waals surface area contributed by atoms with Crippen LogP contribution in [-0.2, 0) is 20.4 Å². The maximum absolute atomic E-state index is 13.8. The lowest BCUT2D eigenvalue weighted by Crippen LogP contribution is -2.15. The molecule has 0 N–H and O–H groups in total. The van der Waals surface area contributed by atoms with Crippen molar-refractivity contribution in [2.24, 2.45) is 0 Å². The molecule has 0 saturated heterocycles. The molecule has 0 atom stereocenters. The number of benzene rings is 3. The summed E-state index contributed by atoms with van der Waals surface area (Å²) in [5.41, 5.74) is -1.41. The molecular weight excluding hydrogens is 577 g/mol. The lowest BCUT2D eigenvalue weighted by Gasteiger charge is -2.14. The smallest absolute Gasteiger partial charge is 0.497 e. The second-order valence-electron chi connectivity index (χ2n) is 8.47. The van der Waals surface area contributed by atoms with Gasteiger partial charge in [0.1, 0.15) is 28.6 Å². The molecule has 0 spiro atoms. The molecule has 0 aliphatic rings. The summed E-state index contributed by atoms with van der Waals surface area (Å²) in [4.78, 5) is 47.7. The van der Waals surface area contributed by atoms with Crippen LogP contribution in [0, 0.1) is 0 Å². The van der Waals surface area contributed by atoms with E-state index in [1.54, 1.807) is 0 Å². The third-order valence-electron chi connectivity index (χ3n) is 5.46. The SMILES string of the molecule is C=CC(=O)OCCCCOC(=O)Oc1ccc(C(=O)Oc2ccc(OC(=O)c3ccc(OC)cc3)cc2C(F)(F)F)cc1. The molecule has 0 amide bonds. The maximum Gasteiger partial charge on any atom is 0.513 e. The Hall–Kier alpha value is -5.33. The number of unbranched alkanes of at least 4 members (excludes halogenated alkanes) is 1. The first kappa shape index (κ1) is 32.2. The Morgan fingerprint density at radius 1 is 0.721 bits per heavy atom. The number of rotatable bonds is 12. The minimum atomic E-state index is -4.95. The van der Waals surface area contributed by atoms with E-state index < -0.39 is 47.3 Å². The Morgan fingerprint density at radius 2 is 1.26 bits per heavy atom. The summed E-state index contributed by atoms with van der Waals surface area (Å²) < 4.78 is 71.0. The minimum Gasteiger partial charge on any atom is -0.497 e. The van der Waals surface area contributed by atoms with Crippen molar-refractivity contribution in [3.8, 4) is 23.0 Å². The van der Waals surface area contributed by atoms with Crippen molar-refractivity contribution in [3.05, 3.63) is 96.1 Å². The number of alkyl halides is 3. The first-order chi connectivity index (χ1) is 20.5.